The Morgan fingerprint density at radius 1 is 0.411 bits per heavy atom. The van der Waals surface area contributed by atoms with Gasteiger partial charge >= 0.3 is 11.9 Å². The summed E-state index contributed by atoms with van der Waals surface area (Å²) >= 11 is 10.0. The van der Waals surface area contributed by atoms with Gasteiger partial charge in [-0.05, 0) is 171 Å². The molecule has 3 saturated heterocycles. The molecule has 0 radical (unpaired) electrons. The number of alkyl halides is 1. The molecule has 27 heteroatoms. The number of rotatable bonds is 20. The molecule has 124 heavy (non-hydrogen) atoms. The third-order valence-corrected chi connectivity index (χ3v) is 22.7. The van der Waals surface area contributed by atoms with E-state index in [0.29, 0.717) is 23.3 Å². The van der Waals surface area contributed by atoms with Crippen LogP contribution in [-0.4, -0.2) is 185 Å². The topological polar surface area (TPSA) is 302 Å². The second kappa shape index (κ2) is 50.1. The van der Waals surface area contributed by atoms with E-state index < -0.39 is 29.9 Å². The van der Waals surface area contributed by atoms with Gasteiger partial charge in [-0.1, -0.05) is 193 Å². The molecule has 2 amide bonds. The first kappa shape index (κ1) is 96.9. The highest BCUT2D eigenvalue weighted by Gasteiger charge is 2.26. The van der Waals surface area contributed by atoms with E-state index in [1.54, 1.807) is 35.7 Å². The lowest BCUT2D eigenvalue weighted by atomic mass is 10.0. The van der Waals surface area contributed by atoms with Crippen LogP contribution in [0, 0.1) is 59.7 Å². The fourth-order valence-electron chi connectivity index (χ4n) is 13.0. The predicted molar refractivity (Wildman–Crippen MR) is 502 cm³/mol. The lowest BCUT2D eigenvalue weighted by Gasteiger charge is -2.26. The number of morpholine rings is 3. The molecule has 4 aromatic heterocycles. The van der Waals surface area contributed by atoms with E-state index in [2.05, 4.69) is 193 Å². The highest BCUT2D eigenvalue weighted by molar-refractivity contribution is 9.11. The van der Waals surface area contributed by atoms with E-state index in [9.17, 15) is 19.2 Å². The van der Waals surface area contributed by atoms with Crippen LogP contribution in [0.25, 0.3) is 43.1 Å². The number of methoxy groups -OCH3 is 2. The van der Waals surface area contributed by atoms with Crippen LogP contribution in [0.1, 0.15) is 99.9 Å². The van der Waals surface area contributed by atoms with Crippen molar-refractivity contribution in [2.75, 3.05) is 115 Å². The molecule has 11 aromatic rings. The summed E-state index contributed by atoms with van der Waals surface area (Å²) in [7, 11) is 2.78. The van der Waals surface area contributed by atoms with Crippen molar-refractivity contribution >= 4 is 138 Å². The van der Waals surface area contributed by atoms with Gasteiger partial charge in [0.05, 0.1) is 53.9 Å². The molecule has 3 aliphatic rings. The minimum absolute atomic E-state index is 0.0258. The molecule has 0 aliphatic carbocycles. The first-order chi connectivity index (χ1) is 59.8. The molecule has 4 unspecified atom stereocenters. The van der Waals surface area contributed by atoms with Crippen molar-refractivity contribution in [1.82, 2.24) is 45.6 Å². The summed E-state index contributed by atoms with van der Waals surface area (Å²) in [5.41, 5.74) is 17.5. The van der Waals surface area contributed by atoms with E-state index in [1.807, 2.05) is 165 Å². The molecule has 3 fully saturated rings. The number of ether oxygens (including phenoxy) is 5. The minimum atomic E-state index is -0.593. The third-order valence-electron chi connectivity index (χ3n) is 20.3. The van der Waals surface area contributed by atoms with Gasteiger partial charge in [-0.2, -0.15) is 0 Å². The van der Waals surface area contributed by atoms with Crippen LogP contribution in [-0.2, 0) is 62.5 Å². The third kappa shape index (κ3) is 31.4. The largest absolute Gasteiger partial charge is 0.468 e. The molecule has 0 saturated carbocycles. The fourth-order valence-corrected chi connectivity index (χ4v) is 14.0. The Balaban J connectivity index is 0.000000179. The van der Waals surface area contributed by atoms with Crippen LogP contribution in [0.2, 0.25) is 0 Å². The van der Waals surface area contributed by atoms with Crippen LogP contribution in [0.15, 0.2) is 204 Å². The standard InChI is InChI=1S/2C27H30N4O3.C15H17BrN2O2.C13H15NO.C9H7BrN2.C6H11BrO2/c2*1-19(2)26(27(32)30-33)29-25-16-24-15-21(9-10-23(24)17-28-25)6-3-20-4-7-22(8-5-20)18-31-11-13-34-14-12-31;1-9(2)14(15(19)20-3)18-13-7-11-6-12(16)5-4-10(11)8-17-13;1-2-12-3-5-13(6-4-12)11-14-7-9-15-10-8-14;10-8-2-1-6-5-12-9(11)4-7(6)3-8;1-4(2)5(7)6(8)9-3/h2*4-5,7-10,15-17,19,26,33H,11-14,18H2,1-2H3,(H,28,29)(H,30,32);4-9,14H,1-3H3,(H,17,18);1,3-6H,7-11H2;1-5H,(H2,11,12);4-5H,1-3H3. The number of pyridine rings is 4. The van der Waals surface area contributed by atoms with E-state index in [-0.39, 0.29) is 40.4 Å². The molecule has 4 atom stereocenters. The van der Waals surface area contributed by atoms with Crippen molar-refractivity contribution in [2.45, 2.75) is 98.0 Å². The second-order valence-electron chi connectivity index (χ2n) is 31.1. The minimum Gasteiger partial charge on any atom is -0.468 e. The number of nitrogens with one attached hydrogen (secondary N) is 5. The molecule has 9 N–H and O–H groups in total. The van der Waals surface area contributed by atoms with Gasteiger partial charge in [0.15, 0.2) is 0 Å². The zero-order valence-corrected chi connectivity index (χ0v) is 76.4. The summed E-state index contributed by atoms with van der Waals surface area (Å²) in [6.45, 7) is 29.2. The predicted octanol–water partition coefficient (Wildman–Crippen LogP) is 16.1. The zero-order chi connectivity index (χ0) is 89.0. The lowest BCUT2D eigenvalue weighted by Crippen LogP contribution is -2.41. The smallest absolute Gasteiger partial charge is 0.328 e. The zero-order valence-electron chi connectivity index (χ0n) is 71.7. The van der Waals surface area contributed by atoms with Crippen LogP contribution in [0.5, 0.6) is 0 Å². The number of nitrogen functional groups attached to an aromatic ring is 1. The Kier molecular flexibility index (Phi) is 39.2. The molecular formula is C97H110Br3N13O11. The first-order valence-electron chi connectivity index (χ1n) is 41.1. The highest BCUT2D eigenvalue weighted by atomic mass is 79.9. The molecule has 0 spiro atoms. The molecule has 0 bridgehead atoms. The molecule has 7 aromatic carbocycles. The van der Waals surface area contributed by atoms with Gasteiger partial charge < -0.3 is 45.4 Å². The number of hydrogen-bond donors (Lipinski definition) is 8. The van der Waals surface area contributed by atoms with Crippen molar-refractivity contribution < 1.29 is 53.3 Å². The number of carbonyl (C=O) groups excluding carboxylic acids is 4. The van der Waals surface area contributed by atoms with Crippen LogP contribution in [0.4, 0.5) is 23.3 Å². The summed E-state index contributed by atoms with van der Waals surface area (Å²) in [5, 5.41) is 35.6. The Labute approximate surface area is 752 Å². The Bertz CT molecular complexity index is 5260. The van der Waals surface area contributed by atoms with Gasteiger partial charge in [-0.15, -0.1) is 6.42 Å². The molecule has 24 nitrogen and oxygen atoms in total. The van der Waals surface area contributed by atoms with Crippen molar-refractivity contribution in [3.8, 4) is 36.0 Å². The van der Waals surface area contributed by atoms with Crippen molar-refractivity contribution in [2.24, 2.45) is 23.7 Å². The number of anilines is 4. The van der Waals surface area contributed by atoms with Gasteiger partial charge in [0.1, 0.15) is 46.2 Å². The number of amides is 2. The summed E-state index contributed by atoms with van der Waals surface area (Å²) < 4.78 is 27.5. The van der Waals surface area contributed by atoms with E-state index in [0.717, 1.165) is 178 Å². The fraction of sp³-hybridized carbons (Fsp3) is 0.340. The molecular weight excluding hydrogens is 1760 g/mol. The Morgan fingerprint density at radius 3 is 1.04 bits per heavy atom. The maximum Gasteiger partial charge on any atom is 0.328 e. The van der Waals surface area contributed by atoms with E-state index in [1.165, 1.54) is 30.9 Å². The summed E-state index contributed by atoms with van der Waals surface area (Å²) in [5.74, 6) is 16.8. The number of aromatic nitrogens is 4. The summed E-state index contributed by atoms with van der Waals surface area (Å²) in [4.78, 5) is 70.5. The van der Waals surface area contributed by atoms with Crippen molar-refractivity contribution in [3.05, 3.63) is 248 Å². The van der Waals surface area contributed by atoms with Gasteiger partial charge in [-0.3, -0.25) is 39.5 Å². The number of hydroxylamine groups is 2. The number of benzene rings is 7. The summed E-state index contributed by atoms with van der Waals surface area (Å²) in [6.07, 6.45) is 12.4. The van der Waals surface area contributed by atoms with Crippen LogP contribution < -0.4 is 32.6 Å². The van der Waals surface area contributed by atoms with Crippen molar-refractivity contribution in [3.63, 3.8) is 0 Å². The van der Waals surface area contributed by atoms with E-state index >= 15 is 0 Å². The number of esters is 2. The average molecular weight is 1870 g/mol. The quantitative estimate of drug-likeness (QED) is 0.0116. The maximum atomic E-state index is 11.9. The SMILES string of the molecule is C#Cc1ccc(CN2CCOCC2)cc1.CC(C)C(Nc1cc2cc(C#Cc3ccc(CN4CCOCC4)cc3)ccc2cn1)C(=O)NO.CC(C)C(Nc1cc2cc(C#Cc3ccc(CN4CCOCC4)cc3)ccc2cn1)C(=O)NO.COC(=O)C(Br)C(C)C.COC(=O)C(Nc1cc2cc(Br)ccc2cn1)C(C)C.Nc1cc2cc(Br)ccc2cn1. The Morgan fingerprint density at radius 2 is 0.718 bits per heavy atom. The van der Waals surface area contributed by atoms with Gasteiger partial charge in [0.25, 0.3) is 11.8 Å². The molecule has 14 rings (SSSR count). The second-order valence-corrected chi connectivity index (χ2v) is 33.9. The van der Waals surface area contributed by atoms with Crippen LogP contribution in [0.3, 0.4) is 0 Å². The number of halogens is 3. The van der Waals surface area contributed by atoms with Gasteiger partial charge in [0.2, 0.25) is 0 Å². The monoisotopic (exact) mass is 1870 g/mol. The Hall–Kier alpha value is -10.9. The number of carbonyl (C=O) groups is 4. The van der Waals surface area contributed by atoms with Crippen LogP contribution >= 0.6 is 47.8 Å². The van der Waals surface area contributed by atoms with Gasteiger partial charge in [-0.25, -0.2) is 35.7 Å². The van der Waals surface area contributed by atoms with E-state index in [4.69, 9.17) is 41.5 Å². The molecule has 7 heterocycles. The molecule has 650 valence electrons. The maximum absolute atomic E-state index is 11.9. The highest BCUT2D eigenvalue weighted by Crippen LogP contribution is 2.27. The number of fused-ring (bicyclic) bond motifs is 4. The number of nitrogens with two attached hydrogens (primary N) is 1. The molecule has 3 aliphatic heterocycles. The van der Waals surface area contributed by atoms with Gasteiger partial charge in [0, 0.05) is 142 Å². The number of nitrogens with zero attached hydrogens (tertiary/aromatic N) is 7. The lowest BCUT2D eigenvalue weighted by molar-refractivity contribution is -0.142. The first-order valence-corrected chi connectivity index (χ1v) is 43.6. The normalized spacial score (nSPS) is 14.3. The average Bonchev–Trinajstić information content (AvgIpc) is 0.823. The summed E-state index contributed by atoms with van der Waals surface area (Å²) in [6, 6.07) is 54.9. The van der Waals surface area contributed by atoms with Crippen molar-refractivity contribution in [1.29, 1.82) is 0 Å². The number of terminal acetylenes is 1. The number of hydrogen-bond acceptors (Lipinski definition) is 22.